The van der Waals surface area contributed by atoms with Gasteiger partial charge in [0, 0.05) is 6.42 Å². The van der Waals surface area contributed by atoms with Crippen molar-refractivity contribution < 1.29 is 14.6 Å². The molecular formula is C18H22O3. The van der Waals surface area contributed by atoms with Gasteiger partial charge in [0.2, 0.25) is 0 Å². The number of hydrogen-bond acceptors (Lipinski definition) is 2. The number of carboxylic acid groups (broad SMARTS) is 1. The van der Waals surface area contributed by atoms with Gasteiger partial charge in [-0.3, -0.25) is 0 Å². The molecule has 0 saturated heterocycles. The summed E-state index contributed by atoms with van der Waals surface area (Å²) in [4.78, 5) is 10.4. The molecule has 0 bridgehead atoms. The molecule has 1 saturated carbocycles. The second kappa shape index (κ2) is 7.73. The summed E-state index contributed by atoms with van der Waals surface area (Å²) >= 11 is 0. The van der Waals surface area contributed by atoms with E-state index >= 15 is 0 Å². The summed E-state index contributed by atoms with van der Waals surface area (Å²) in [5.41, 5.74) is 2.13. The molecule has 1 unspecified atom stereocenters. The lowest BCUT2D eigenvalue weighted by Gasteiger charge is -2.29. The minimum Gasteiger partial charge on any atom is -0.450 e. The predicted molar refractivity (Wildman–Crippen MR) is 82.0 cm³/mol. The van der Waals surface area contributed by atoms with Crippen molar-refractivity contribution in [2.75, 3.05) is 0 Å². The monoisotopic (exact) mass is 286 g/mol. The van der Waals surface area contributed by atoms with Crippen LogP contribution in [0.1, 0.15) is 55.6 Å². The molecule has 0 aromatic heterocycles. The summed E-state index contributed by atoms with van der Waals surface area (Å²) in [6.07, 6.45) is 11.5. The van der Waals surface area contributed by atoms with Crippen LogP contribution < -0.4 is 0 Å². The lowest BCUT2D eigenvalue weighted by molar-refractivity contribution is 0.0854. The second-order valence-corrected chi connectivity index (χ2v) is 5.71. The molecule has 21 heavy (non-hydrogen) atoms. The first-order chi connectivity index (χ1) is 10.2. The summed E-state index contributed by atoms with van der Waals surface area (Å²) in [7, 11) is 0. The molecule has 3 nitrogen and oxygen atoms in total. The number of ether oxygens (including phenoxy) is 1. The topological polar surface area (TPSA) is 46.5 Å². The van der Waals surface area contributed by atoms with Gasteiger partial charge in [-0.05, 0) is 35.8 Å². The minimum atomic E-state index is -1.24. The van der Waals surface area contributed by atoms with Gasteiger partial charge in [0.1, 0.15) is 6.61 Å². The molecule has 3 heteroatoms. The van der Waals surface area contributed by atoms with Crippen LogP contribution in [0.4, 0.5) is 4.79 Å². The molecule has 0 amide bonds. The van der Waals surface area contributed by atoms with Crippen LogP contribution in [-0.2, 0) is 11.3 Å². The van der Waals surface area contributed by atoms with Crippen molar-refractivity contribution in [2.45, 2.75) is 51.0 Å². The van der Waals surface area contributed by atoms with Gasteiger partial charge in [-0.15, -0.1) is 12.3 Å². The molecule has 0 heterocycles. The highest BCUT2D eigenvalue weighted by molar-refractivity contribution is 5.56. The zero-order valence-corrected chi connectivity index (χ0v) is 12.3. The van der Waals surface area contributed by atoms with Gasteiger partial charge in [-0.25, -0.2) is 4.79 Å². The van der Waals surface area contributed by atoms with Crippen molar-refractivity contribution in [3.8, 4) is 12.3 Å². The van der Waals surface area contributed by atoms with Crippen LogP contribution in [-0.4, -0.2) is 11.3 Å². The van der Waals surface area contributed by atoms with Crippen LogP contribution in [0.2, 0.25) is 0 Å². The molecule has 0 aliphatic heterocycles. The quantitative estimate of drug-likeness (QED) is 0.637. The van der Waals surface area contributed by atoms with Crippen molar-refractivity contribution >= 4 is 6.16 Å². The van der Waals surface area contributed by atoms with Crippen LogP contribution in [0.5, 0.6) is 0 Å². The Kier molecular flexibility index (Phi) is 5.68. The van der Waals surface area contributed by atoms with Gasteiger partial charge >= 0.3 is 6.16 Å². The Balaban J connectivity index is 2.05. The summed E-state index contributed by atoms with van der Waals surface area (Å²) in [5, 5.41) is 8.51. The molecule has 0 spiro atoms. The first-order valence-corrected chi connectivity index (χ1v) is 7.58. The van der Waals surface area contributed by atoms with Crippen molar-refractivity contribution in [3.05, 3.63) is 35.4 Å². The van der Waals surface area contributed by atoms with Crippen LogP contribution in [0.3, 0.4) is 0 Å². The number of rotatable bonds is 5. The summed E-state index contributed by atoms with van der Waals surface area (Å²) in [6, 6.07) is 8.00. The van der Waals surface area contributed by atoms with Gasteiger partial charge < -0.3 is 9.84 Å². The molecule has 1 N–H and O–H groups in total. The van der Waals surface area contributed by atoms with E-state index in [1.807, 2.05) is 12.1 Å². The van der Waals surface area contributed by atoms with Crippen LogP contribution >= 0.6 is 0 Å². The molecule has 0 radical (unpaired) electrons. The Morgan fingerprint density at radius 3 is 2.52 bits per heavy atom. The molecule has 1 atom stereocenters. The van der Waals surface area contributed by atoms with E-state index in [0.29, 0.717) is 11.8 Å². The Morgan fingerprint density at radius 1 is 1.29 bits per heavy atom. The average Bonchev–Trinajstić information content (AvgIpc) is 2.52. The third-order valence-corrected chi connectivity index (χ3v) is 4.33. The Labute approximate surface area is 126 Å². The molecule has 1 aliphatic rings. The third kappa shape index (κ3) is 4.53. The SMILES string of the molecule is C#CCC(c1ccc(COC(=O)O)cc1)C1CCCCC1. The number of terminal acetylenes is 1. The standard InChI is InChI=1S/C18H22O3/c1-2-6-17(15-7-4-3-5-8-15)16-11-9-14(10-12-16)13-21-18(19)20/h1,9-12,15,17H,3-8,13H2,(H,19,20). The molecule has 1 aromatic rings. The molecule has 112 valence electrons. The Morgan fingerprint density at radius 2 is 1.95 bits per heavy atom. The van der Waals surface area contributed by atoms with Crippen LogP contribution in [0, 0.1) is 18.3 Å². The summed E-state index contributed by atoms with van der Waals surface area (Å²) in [6.45, 7) is 0.0961. The van der Waals surface area contributed by atoms with E-state index in [0.717, 1.165) is 12.0 Å². The fourth-order valence-corrected chi connectivity index (χ4v) is 3.23. The molecule has 1 aromatic carbocycles. The fourth-order valence-electron chi connectivity index (χ4n) is 3.23. The largest absolute Gasteiger partial charge is 0.506 e. The highest BCUT2D eigenvalue weighted by atomic mass is 16.7. The van der Waals surface area contributed by atoms with Gasteiger partial charge in [-0.1, -0.05) is 43.5 Å². The molecule has 1 fully saturated rings. The van der Waals surface area contributed by atoms with Gasteiger partial charge in [-0.2, -0.15) is 0 Å². The van der Waals surface area contributed by atoms with Crippen LogP contribution in [0.25, 0.3) is 0 Å². The predicted octanol–water partition coefficient (Wildman–Crippen LogP) is 4.57. The van der Waals surface area contributed by atoms with Gasteiger partial charge in [0.15, 0.2) is 0 Å². The summed E-state index contributed by atoms with van der Waals surface area (Å²) < 4.78 is 4.58. The number of hydrogen-bond donors (Lipinski definition) is 1. The van der Waals surface area contributed by atoms with Gasteiger partial charge in [0.05, 0.1) is 0 Å². The summed E-state index contributed by atoms with van der Waals surface area (Å²) in [5.74, 6) is 3.91. The molecular weight excluding hydrogens is 264 g/mol. The maximum atomic E-state index is 10.4. The van der Waals surface area contributed by atoms with E-state index in [2.05, 4.69) is 22.8 Å². The normalized spacial score (nSPS) is 16.9. The lowest BCUT2D eigenvalue weighted by Crippen LogP contribution is -2.16. The highest BCUT2D eigenvalue weighted by Crippen LogP contribution is 2.38. The molecule has 2 rings (SSSR count). The van der Waals surface area contributed by atoms with E-state index in [4.69, 9.17) is 11.5 Å². The highest BCUT2D eigenvalue weighted by Gasteiger charge is 2.24. The van der Waals surface area contributed by atoms with E-state index < -0.39 is 6.16 Å². The lowest BCUT2D eigenvalue weighted by atomic mass is 9.75. The Bertz CT molecular complexity index is 492. The third-order valence-electron chi connectivity index (χ3n) is 4.33. The van der Waals surface area contributed by atoms with Crippen molar-refractivity contribution in [1.29, 1.82) is 0 Å². The zero-order valence-electron chi connectivity index (χ0n) is 12.3. The van der Waals surface area contributed by atoms with Crippen molar-refractivity contribution in [3.63, 3.8) is 0 Å². The van der Waals surface area contributed by atoms with Crippen LogP contribution in [0.15, 0.2) is 24.3 Å². The molecule has 1 aliphatic carbocycles. The first-order valence-electron chi connectivity index (χ1n) is 7.58. The number of benzene rings is 1. The minimum absolute atomic E-state index is 0.0961. The van der Waals surface area contributed by atoms with E-state index in [9.17, 15) is 4.79 Å². The van der Waals surface area contributed by atoms with Crippen molar-refractivity contribution in [1.82, 2.24) is 0 Å². The average molecular weight is 286 g/mol. The van der Waals surface area contributed by atoms with Crippen molar-refractivity contribution in [2.24, 2.45) is 5.92 Å². The smallest absolute Gasteiger partial charge is 0.450 e. The fraction of sp³-hybridized carbons (Fsp3) is 0.500. The number of carbonyl (C=O) groups is 1. The maximum Gasteiger partial charge on any atom is 0.506 e. The first kappa shape index (κ1) is 15.4. The maximum absolute atomic E-state index is 10.4. The van der Waals surface area contributed by atoms with E-state index in [1.54, 1.807) is 0 Å². The van der Waals surface area contributed by atoms with E-state index in [1.165, 1.54) is 37.7 Å². The zero-order chi connectivity index (χ0) is 15.1. The second-order valence-electron chi connectivity index (χ2n) is 5.71. The van der Waals surface area contributed by atoms with E-state index in [-0.39, 0.29) is 6.61 Å². The Hall–Kier alpha value is -1.95. The van der Waals surface area contributed by atoms with Gasteiger partial charge in [0.25, 0.3) is 0 Å².